The van der Waals surface area contributed by atoms with Crippen LogP contribution in [0, 0.1) is 0 Å². The first kappa shape index (κ1) is 12.8. The van der Waals surface area contributed by atoms with Crippen molar-refractivity contribution < 1.29 is 36.6 Å². The topological polar surface area (TPSA) is 46.5 Å². The number of ether oxygens (including phenoxy) is 1. The molecule has 0 aromatic carbocycles. The quantitative estimate of drug-likeness (QED) is 0.722. The van der Waals surface area contributed by atoms with Crippen LogP contribution in [0.25, 0.3) is 0 Å². The molecule has 0 atom stereocenters. The molecule has 82 valence electrons. The molecule has 0 amide bonds. The Bertz CT molecular complexity index is 250. The number of hydrogen-bond donors (Lipinski definition) is 1. The molecular formula is C6H5F5O3. The zero-order valence-electron chi connectivity index (χ0n) is 6.57. The number of carboxylic acid groups (broad SMARTS) is 1. The van der Waals surface area contributed by atoms with Crippen molar-refractivity contribution in [3.05, 3.63) is 12.4 Å². The number of rotatable bonds is 5. The maximum atomic E-state index is 12.2. The van der Waals surface area contributed by atoms with E-state index < -0.39 is 30.4 Å². The van der Waals surface area contributed by atoms with E-state index in [0.29, 0.717) is 0 Å². The van der Waals surface area contributed by atoms with Crippen molar-refractivity contribution in [2.45, 2.75) is 18.6 Å². The van der Waals surface area contributed by atoms with Crippen LogP contribution in [0.4, 0.5) is 22.0 Å². The Morgan fingerprint density at radius 2 is 1.79 bits per heavy atom. The second-order valence-electron chi connectivity index (χ2n) is 2.23. The molecule has 3 nitrogen and oxygen atoms in total. The molecule has 0 aliphatic rings. The molecule has 1 N–H and O–H groups in total. The number of halogens is 5. The highest BCUT2D eigenvalue weighted by molar-refractivity contribution is 5.67. The van der Waals surface area contributed by atoms with Gasteiger partial charge in [0, 0.05) is 0 Å². The van der Waals surface area contributed by atoms with Crippen LogP contribution < -0.4 is 0 Å². The van der Waals surface area contributed by atoms with Gasteiger partial charge in [-0.15, -0.1) is 0 Å². The van der Waals surface area contributed by atoms with Gasteiger partial charge in [0.25, 0.3) is 0 Å². The van der Waals surface area contributed by atoms with Crippen LogP contribution >= 0.6 is 0 Å². The lowest BCUT2D eigenvalue weighted by Crippen LogP contribution is -2.35. The molecule has 0 saturated heterocycles. The summed E-state index contributed by atoms with van der Waals surface area (Å²) in [6.45, 7) is 2.07. The summed E-state index contributed by atoms with van der Waals surface area (Å²) in [5.41, 5.74) is 0. The van der Waals surface area contributed by atoms with Crippen molar-refractivity contribution in [1.82, 2.24) is 0 Å². The van der Waals surface area contributed by atoms with Crippen LogP contribution in [-0.4, -0.2) is 23.3 Å². The first-order valence-electron chi connectivity index (χ1n) is 3.09. The average molecular weight is 220 g/mol. The summed E-state index contributed by atoms with van der Waals surface area (Å²) in [6, 6.07) is 0. The highest BCUT2D eigenvalue weighted by Crippen LogP contribution is 2.34. The smallest absolute Gasteiger partial charge is 0.413 e. The summed E-state index contributed by atoms with van der Waals surface area (Å²) >= 11 is 0. The van der Waals surface area contributed by atoms with Crippen LogP contribution in [-0.2, 0) is 9.53 Å². The molecule has 0 aliphatic heterocycles. The SMILES string of the molecule is C=C(F)C(F)(F)OC(F)(F)CC(=O)O. The minimum atomic E-state index is -4.90. The highest BCUT2D eigenvalue weighted by atomic mass is 19.3. The molecule has 0 radical (unpaired) electrons. The van der Waals surface area contributed by atoms with Crippen molar-refractivity contribution in [1.29, 1.82) is 0 Å². The lowest BCUT2D eigenvalue weighted by Gasteiger charge is -2.20. The Morgan fingerprint density at radius 1 is 1.36 bits per heavy atom. The fourth-order valence-electron chi connectivity index (χ4n) is 0.455. The normalized spacial score (nSPS) is 12.6. The van der Waals surface area contributed by atoms with Gasteiger partial charge in [0.15, 0.2) is 5.83 Å². The summed E-state index contributed by atoms with van der Waals surface area (Å²) in [7, 11) is 0. The van der Waals surface area contributed by atoms with Gasteiger partial charge < -0.3 is 5.11 Å². The zero-order valence-corrected chi connectivity index (χ0v) is 6.57. The molecule has 0 aromatic rings. The van der Waals surface area contributed by atoms with Crippen LogP contribution in [0.15, 0.2) is 12.4 Å². The van der Waals surface area contributed by atoms with E-state index in [4.69, 9.17) is 5.11 Å². The van der Waals surface area contributed by atoms with Crippen molar-refractivity contribution in [3.63, 3.8) is 0 Å². The zero-order chi connectivity index (χ0) is 11.6. The average Bonchev–Trinajstić information content (AvgIpc) is 1.79. The lowest BCUT2D eigenvalue weighted by atomic mass is 10.4. The fraction of sp³-hybridized carbons (Fsp3) is 0.500. The van der Waals surface area contributed by atoms with Gasteiger partial charge >= 0.3 is 18.2 Å². The van der Waals surface area contributed by atoms with Crippen molar-refractivity contribution >= 4 is 5.97 Å². The van der Waals surface area contributed by atoms with Crippen LogP contribution in [0.3, 0.4) is 0 Å². The molecule has 0 heterocycles. The van der Waals surface area contributed by atoms with Crippen molar-refractivity contribution in [2.75, 3.05) is 0 Å². The molecule has 0 rings (SSSR count). The maximum Gasteiger partial charge on any atom is 0.413 e. The molecule has 0 bridgehead atoms. The van der Waals surface area contributed by atoms with Gasteiger partial charge in [-0.05, 0) is 0 Å². The lowest BCUT2D eigenvalue weighted by molar-refractivity contribution is -0.363. The first-order valence-corrected chi connectivity index (χ1v) is 3.09. The van der Waals surface area contributed by atoms with Gasteiger partial charge in [0.1, 0.15) is 6.42 Å². The molecule has 0 unspecified atom stereocenters. The third kappa shape index (κ3) is 4.17. The van der Waals surface area contributed by atoms with Crippen LogP contribution in [0.2, 0.25) is 0 Å². The largest absolute Gasteiger partial charge is 0.481 e. The van der Waals surface area contributed by atoms with E-state index >= 15 is 0 Å². The first-order chi connectivity index (χ1) is 6.07. The molecule has 8 heteroatoms. The molecule has 0 fully saturated rings. The third-order valence-electron chi connectivity index (χ3n) is 0.950. The number of carboxylic acids is 1. The summed E-state index contributed by atoms with van der Waals surface area (Å²) in [5, 5.41) is 7.86. The predicted molar refractivity (Wildman–Crippen MR) is 33.5 cm³/mol. The second kappa shape index (κ2) is 3.91. The van der Waals surface area contributed by atoms with E-state index in [-0.39, 0.29) is 0 Å². The summed E-state index contributed by atoms with van der Waals surface area (Å²) in [5.74, 6) is -4.49. The number of aliphatic carboxylic acids is 1. The summed E-state index contributed by atoms with van der Waals surface area (Å²) in [6.07, 6.45) is -11.6. The second-order valence-corrected chi connectivity index (χ2v) is 2.23. The molecule has 14 heavy (non-hydrogen) atoms. The van der Waals surface area contributed by atoms with Gasteiger partial charge in [0.2, 0.25) is 0 Å². The Labute approximate surface area is 74.8 Å². The monoisotopic (exact) mass is 220 g/mol. The number of hydrogen-bond acceptors (Lipinski definition) is 2. The van der Waals surface area contributed by atoms with Gasteiger partial charge in [0.05, 0.1) is 0 Å². The van der Waals surface area contributed by atoms with Crippen LogP contribution in [0.1, 0.15) is 6.42 Å². The molecule has 0 saturated carbocycles. The van der Waals surface area contributed by atoms with E-state index in [1.54, 1.807) is 0 Å². The molecule has 0 aromatic heterocycles. The Kier molecular flexibility index (Phi) is 3.58. The number of carbonyl (C=O) groups is 1. The Morgan fingerprint density at radius 3 is 2.07 bits per heavy atom. The van der Waals surface area contributed by atoms with Crippen molar-refractivity contribution in [3.8, 4) is 0 Å². The van der Waals surface area contributed by atoms with Crippen LogP contribution in [0.5, 0.6) is 0 Å². The van der Waals surface area contributed by atoms with E-state index in [1.165, 1.54) is 0 Å². The maximum absolute atomic E-state index is 12.2. The predicted octanol–water partition coefficient (Wildman–Crippen LogP) is 2.15. The van der Waals surface area contributed by atoms with Gasteiger partial charge in [-0.3, -0.25) is 4.79 Å². The van der Waals surface area contributed by atoms with E-state index in [9.17, 15) is 26.7 Å². The molecular weight excluding hydrogens is 215 g/mol. The number of alkyl halides is 4. The summed E-state index contributed by atoms with van der Waals surface area (Å²) in [4.78, 5) is 9.75. The van der Waals surface area contributed by atoms with Crippen molar-refractivity contribution in [2.24, 2.45) is 0 Å². The molecule has 0 aliphatic carbocycles. The van der Waals surface area contributed by atoms with E-state index in [2.05, 4.69) is 11.3 Å². The van der Waals surface area contributed by atoms with Gasteiger partial charge in [-0.1, -0.05) is 6.58 Å². The third-order valence-corrected chi connectivity index (χ3v) is 0.950. The Hall–Kier alpha value is -1.18. The van der Waals surface area contributed by atoms with Gasteiger partial charge in [-0.25, -0.2) is 9.13 Å². The standard InChI is InChI=1S/C6H5F5O3/c1-3(7)6(10,11)14-5(8,9)2-4(12)13/h1-2H2,(H,12,13). The summed E-state index contributed by atoms with van der Waals surface area (Å²) < 4.78 is 63.2. The van der Waals surface area contributed by atoms with E-state index in [1.807, 2.05) is 0 Å². The minimum absolute atomic E-state index is 1.99. The minimum Gasteiger partial charge on any atom is -0.481 e. The van der Waals surface area contributed by atoms with E-state index in [0.717, 1.165) is 0 Å². The molecule has 0 spiro atoms. The highest BCUT2D eigenvalue weighted by Gasteiger charge is 2.48. The van der Waals surface area contributed by atoms with Gasteiger partial charge in [-0.2, -0.15) is 17.6 Å². The fourth-order valence-corrected chi connectivity index (χ4v) is 0.455. The Balaban J connectivity index is 4.49.